The van der Waals surface area contributed by atoms with Crippen LogP contribution in [0.2, 0.25) is 0 Å². The number of hydrogen-bond acceptors (Lipinski definition) is 4. The van der Waals surface area contributed by atoms with E-state index in [4.69, 9.17) is 0 Å². The molecule has 69 heavy (non-hydrogen) atoms. The molecule has 0 saturated heterocycles. The van der Waals surface area contributed by atoms with Crippen LogP contribution < -0.4 is 0 Å². The zero-order valence-corrected chi connectivity index (χ0v) is 42.5. The van der Waals surface area contributed by atoms with Gasteiger partial charge in [0.05, 0.1) is 33.4 Å². The molecule has 0 fully saturated rings. The molecule has 2 heterocycles. The minimum Gasteiger partial charge on any atom is -0.505 e. The Hall–Kier alpha value is -6.67. The van der Waals surface area contributed by atoms with Crippen LogP contribution in [-0.4, -0.2) is 54.3 Å². The molecule has 0 bridgehead atoms. The van der Waals surface area contributed by atoms with Crippen molar-refractivity contribution >= 4 is 43.6 Å². The van der Waals surface area contributed by atoms with Crippen molar-refractivity contribution in [2.45, 2.75) is 66.7 Å². The summed E-state index contributed by atoms with van der Waals surface area (Å²) in [6, 6.07) is 62.6. The summed E-state index contributed by atoms with van der Waals surface area (Å²) in [4.78, 5) is 4.89. The first-order chi connectivity index (χ1) is 32.9. The van der Waals surface area contributed by atoms with Gasteiger partial charge in [-0.05, 0) is 89.1 Å². The molecule has 10 aromatic rings. The first kappa shape index (κ1) is 50.2. The quantitative estimate of drug-likeness (QED) is 0.100. The Balaban J connectivity index is 0.000000402. The Morgan fingerprint density at radius 1 is 0.435 bits per heavy atom. The van der Waals surface area contributed by atoms with Crippen LogP contribution in [0.15, 0.2) is 182 Å². The third-order valence-corrected chi connectivity index (χ3v) is 12.7. The minimum absolute atomic E-state index is 0. The number of para-hydroxylation sites is 4. The van der Waals surface area contributed by atoms with Gasteiger partial charge in [-0.3, -0.25) is 9.80 Å². The van der Waals surface area contributed by atoms with Crippen molar-refractivity contribution in [2.24, 2.45) is 0 Å². The minimum atomic E-state index is 0. The van der Waals surface area contributed by atoms with Crippen LogP contribution in [0.4, 0.5) is 0 Å². The van der Waals surface area contributed by atoms with Crippen LogP contribution >= 0.6 is 0 Å². The molecule has 0 aliphatic heterocycles. The predicted octanol–water partition coefficient (Wildman–Crippen LogP) is 14.8. The number of aryl methyl sites for hydroxylation is 2. The molecule has 1 radical (unpaired) electrons. The number of phenolic OH excluding ortho intramolecular Hbond substituents is 2. The molecular weight excluding hydrogens is 881 g/mol. The van der Waals surface area contributed by atoms with Crippen LogP contribution in [0.3, 0.4) is 0 Å². The molecule has 2 N–H and O–H groups in total. The summed E-state index contributed by atoms with van der Waals surface area (Å²) in [5.74, 6) is 0.558. The second-order valence-corrected chi connectivity index (χ2v) is 18.4. The van der Waals surface area contributed by atoms with Gasteiger partial charge >= 0.3 is 21.7 Å². The summed E-state index contributed by atoms with van der Waals surface area (Å²) >= 11 is 0. The van der Waals surface area contributed by atoms with Gasteiger partial charge in [0.15, 0.2) is 0 Å². The smallest absolute Gasteiger partial charge is 0.505 e. The fourth-order valence-corrected chi connectivity index (χ4v) is 9.63. The molecule has 0 spiro atoms. The van der Waals surface area contributed by atoms with E-state index < -0.39 is 0 Å². The van der Waals surface area contributed by atoms with Gasteiger partial charge in [-0.25, -0.2) is 0 Å². The number of benzene rings is 8. The topological polar surface area (TPSA) is 56.8 Å². The number of rotatable bonds is 11. The van der Waals surface area contributed by atoms with Gasteiger partial charge in [-0.15, -0.1) is 24.3 Å². The summed E-state index contributed by atoms with van der Waals surface area (Å²) in [6.45, 7) is 23.3. The maximum absolute atomic E-state index is 12.2. The molecule has 0 saturated carbocycles. The third kappa shape index (κ3) is 11.3. The average molecular weight is 945 g/mol. The van der Waals surface area contributed by atoms with Crippen molar-refractivity contribution in [1.29, 1.82) is 0 Å². The van der Waals surface area contributed by atoms with E-state index in [0.717, 1.165) is 101 Å². The molecule has 0 unspecified atom stereocenters. The largest absolute Gasteiger partial charge is 3.00 e. The van der Waals surface area contributed by atoms with Gasteiger partial charge in [0.2, 0.25) is 0 Å². The van der Waals surface area contributed by atoms with E-state index in [0.29, 0.717) is 25.2 Å². The van der Waals surface area contributed by atoms with Crippen LogP contribution in [0, 0.1) is 27.7 Å². The maximum Gasteiger partial charge on any atom is 3.00 e. The zero-order chi connectivity index (χ0) is 47.9. The van der Waals surface area contributed by atoms with Crippen LogP contribution in [0.25, 0.3) is 55.0 Å². The van der Waals surface area contributed by atoms with E-state index in [1.54, 1.807) is 0 Å². The van der Waals surface area contributed by atoms with Crippen molar-refractivity contribution in [3.63, 3.8) is 0 Å². The number of phenols is 2. The number of aromatic nitrogens is 2. The van der Waals surface area contributed by atoms with Crippen molar-refractivity contribution in [3.05, 3.63) is 229 Å². The fourth-order valence-electron chi connectivity index (χ4n) is 9.63. The molecule has 7 heteroatoms. The molecule has 8 aromatic carbocycles. The molecule has 0 aliphatic carbocycles. The fraction of sp³-hybridized carbons (Fsp3) is 0.194. The Morgan fingerprint density at radius 2 is 0.739 bits per heavy atom. The molecule has 347 valence electrons. The summed E-state index contributed by atoms with van der Waals surface area (Å²) < 4.78 is 4.40. The van der Waals surface area contributed by atoms with Gasteiger partial charge in [0.25, 0.3) is 0 Å². The maximum atomic E-state index is 12.2. The summed E-state index contributed by atoms with van der Waals surface area (Å²) in [5.41, 5.74) is 11.8. The Bertz CT molecular complexity index is 2960. The first-order valence-electron chi connectivity index (χ1n) is 23.7. The van der Waals surface area contributed by atoms with Crippen LogP contribution in [0.1, 0.15) is 61.1 Å². The molecule has 2 aromatic heterocycles. The second-order valence-electron chi connectivity index (χ2n) is 18.4. The number of fused-ring (bicyclic) bond motifs is 6. The average Bonchev–Trinajstić information content (AvgIpc) is 3.85. The van der Waals surface area contributed by atoms with E-state index in [-0.39, 0.29) is 33.2 Å². The summed E-state index contributed by atoms with van der Waals surface area (Å²) in [7, 11) is 0. The Morgan fingerprint density at radius 3 is 1.03 bits per heavy atom. The molecule has 6 nitrogen and oxygen atoms in total. The normalized spacial score (nSPS) is 11.3. The zero-order valence-electron chi connectivity index (χ0n) is 40.9. The number of hydrogen-bond donors (Lipinski definition) is 2. The second kappa shape index (κ2) is 22.6. The summed E-state index contributed by atoms with van der Waals surface area (Å²) in [5, 5.41) is 29.1. The van der Waals surface area contributed by atoms with Crippen molar-refractivity contribution in [2.75, 3.05) is 13.1 Å². The van der Waals surface area contributed by atoms with E-state index in [9.17, 15) is 10.2 Å². The Kier molecular flexibility index (Phi) is 16.5. The SMILES string of the molecule is Cc1cc(CN(CCN(C(C)C)C(C)C)Cc2cc(C)cc(-n3c4ccccc4c4ccccc43)c2O)c(O)c(-n2c3ccccc3c3ccccc32)c1.[CH2-]c1ccccc1.[CH2-]c1ccccc1.[Ti+3]. The molecule has 10 rings (SSSR count). The van der Waals surface area contributed by atoms with Gasteiger partial charge in [0.1, 0.15) is 11.5 Å². The van der Waals surface area contributed by atoms with E-state index in [2.05, 4.69) is 196 Å². The van der Waals surface area contributed by atoms with Crippen molar-refractivity contribution in [1.82, 2.24) is 18.9 Å². The van der Waals surface area contributed by atoms with Gasteiger partial charge < -0.3 is 19.3 Å². The van der Waals surface area contributed by atoms with Crippen molar-refractivity contribution in [3.8, 4) is 22.9 Å². The molecular formula is C62H64N4O2Ti+. The van der Waals surface area contributed by atoms with E-state index >= 15 is 0 Å². The third-order valence-electron chi connectivity index (χ3n) is 12.7. The standard InChI is InChI=1S/C48H50N4O2.2C7H7.Ti/c1-31(2)50(32(3)4)24-23-49(29-35-25-33(5)27-45(47(35)53)51-41-19-11-7-15-37(41)38-16-8-12-20-42(38)51)30-36-26-34(6)28-46(48(36)54)52-43-21-13-9-17-39(43)40-18-10-14-22-44(40)52;2*1-7-5-3-2-4-6-7;/h7-22,25-28,31-32,53-54H,23-24,29-30H2,1-6H3;2*2-6H,1H2;/q;2*-1;+3. The van der Waals surface area contributed by atoms with E-state index in [1.807, 2.05) is 60.7 Å². The molecule has 0 aliphatic rings. The molecule has 0 amide bonds. The van der Waals surface area contributed by atoms with Crippen LogP contribution in [0.5, 0.6) is 11.5 Å². The Labute approximate surface area is 424 Å². The summed E-state index contributed by atoms with van der Waals surface area (Å²) in [6.07, 6.45) is 0. The first-order valence-corrected chi connectivity index (χ1v) is 23.7. The predicted molar refractivity (Wildman–Crippen MR) is 287 cm³/mol. The van der Waals surface area contributed by atoms with E-state index in [1.165, 1.54) is 0 Å². The van der Waals surface area contributed by atoms with Gasteiger partial charge in [-0.2, -0.15) is 49.2 Å². The van der Waals surface area contributed by atoms with Crippen LogP contribution in [-0.2, 0) is 34.8 Å². The molecule has 0 atom stereocenters. The van der Waals surface area contributed by atoms with Gasteiger partial charge in [0, 0.05) is 70.9 Å². The number of nitrogens with zero attached hydrogens (tertiary/aromatic N) is 4. The van der Waals surface area contributed by atoms with Crippen molar-refractivity contribution < 1.29 is 31.9 Å². The van der Waals surface area contributed by atoms with Gasteiger partial charge in [-0.1, -0.05) is 97.1 Å². The number of aromatic hydroxyl groups is 2. The monoisotopic (exact) mass is 944 g/mol.